The number of hydrogen-bond acceptors (Lipinski definition) is 1. The van der Waals surface area contributed by atoms with Gasteiger partial charge in [0.15, 0.2) is 0 Å². The van der Waals surface area contributed by atoms with Gasteiger partial charge in [0, 0.05) is 12.2 Å². The largest absolute Gasteiger partial charge is 0.385 e. The molecule has 0 saturated carbocycles. The topological polar surface area (TPSA) is 12.0 Å². The fraction of sp³-hybridized carbons (Fsp3) is 0.538. The SMILES string of the molecule is CCc1cccc(NCC(C)(C)C)c1. The summed E-state index contributed by atoms with van der Waals surface area (Å²) in [7, 11) is 0. The first-order valence-electron chi connectivity index (χ1n) is 5.34. The molecule has 0 heterocycles. The molecule has 0 aromatic heterocycles. The van der Waals surface area contributed by atoms with E-state index < -0.39 is 0 Å². The van der Waals surface area contributed by atoms with Crippen LogP contribution in [0.1, 0.15) is 33.3 Å². The Morgan fingerprint density at radius 3 is 2.50 bits per heavy atom. The Bertz CT molecular complexity index is 284. The normalized spacial score (nSPS) is 11.4. The van der Waals surface area contributed by atoms with Crippen LogP contribution >= 0.6 is 0 Å². The van der Waals surface area contributed by atoms with E-state index in [-0.39, 0.29) is 0 Å². The molecule has 0 spiro atoms. The van der Waals surface area contributed by atoms with Gasteiger partial charge >= 0.3 is 0 Å². The maximum absolute atomic E-state index is 3.46. The Morgan fingerprint density at radius 1 is 1.21 bits per heavy atom. The highest BCUT2D eigenvalue weighted by Crippen LogP contribution is 2.16. The molecule has 14 heavy (non-hydrogen) atoms. The first kappa shape index (κ1) is 11.1. The lowest BCUT2D eigenvalue weighted by Gasteiger charge is -2.19. The molecule has 1 N–H and O–H groups in total. The third-order valence-electron chi connectivity index (χ3n) is 2.16. The molecule has 0 aliphatic rings. The summed E-state index contributed by atoms with van der Waals surface area (Å²) < 4.78 is 0. The molecule has 78 valence electrons. The van der Waals surface area contributed by atoms with Crippen molar-refractivity contribution in [2.45, 2.75) is 34.1 Å². The minimum absolute atomic E-state index is 0.336. The molecule has 1 aromatic carbocycles. The van der Waals surface area contributed by atoms with E-state index in [9.17, 15) is 0 Å². The summed E-state index contributed by atoms with van der Waals surface area (Å²) in [4.78, 5) is 0. The summed E-state index contributed by atoms with van der Waals surface area (Å²) in [6.07, 6.45) is 1.10. The van der Waals surface area contributed by atoms with Crippen molar-refractivity contribution in [3.8, 4) is 0 Å². The average Bonchev–Trinajstić information content (AvgIpc) is 2.14. The van der Waals surface area contributed by atoms with Gasteiger partial charge in [-0.3, -0.25) is 0 Å². The Morgan fingerprint density at radius 2 is 1.93 bits per heavy atom. The molecule has 0 fully saturated rings. The van der Waals surface area contributed by atoms with Crippen molar-refractivity contribution < 1.29 is 0 Å². The predicted molar refractivity (Wildman–Crippen MR) is 63.8 cm³/mol. The van der Waals surface area contributed by atoms with Gasteiger partial charge in [-0.2, -0.15) is 0 Å². The van der Waals surface area contributed by atoms with Gasteiger partial charge in [0.25, 0.3) is 0 Å². The standard InChI is InChI=1S/C13H21N/c1-5-11-7-6-8-12(9-11)14-10-13(2,3)4/h6-9,14H,5,10H2,1-4H3. The molecule has 0 bridgehead atoms. The maximum atomic E-state index is 3.46. The lowest BCUT2D eigenvalue weighted by atomic mass is 9.97. The Balaban J connectivity index is 2.59. The third-order valence-corrected chi connectivity index (χ3v) is 2.16. The zero-order valence-corrected chi connectivity index (χ0v) is 9.72. The van der Waals surface area contributed by atoms with Gasteiger partial charge in [0.2, 0.25) is 0 Å². The van der Waals surface area contributed by atoms with E-state index in [0.717, 1.165) is 13.0 Å². The quantitative estimate of drug-likeness (QED) is 0.768. The number of benzene rings is 1. The minimum Gasteiger partial charge on any atom is -0.385 e. The van der Waals surface area contributed by atoms with Crippen molar-refractivity contribution in [1.82, 2.24) is 0 Å². The Kier molecular flexibility index (Phi) is 3.56. The summed E-state index contributed by atoms with van der Waals surface area (Å²) in [5.74, 6) is 0. The summed E-state index contributed by atoms with van der Waals surface area (Å²) in [6.45, 7) is 9.92. The summed E-state index contributed by atoms with van der Waals surface area (Å²) >= 11 is 0. The molecule has 0 aliphatic heterocycles. The molecule has 1 rings (SSSR count). The molecule has 1 nitrogen and oxygen atoms in total. The number of rotatable bonds is 3. The predicted octanol–water partition coefficient (Wildman–Crippen LogP) is 3.71. The van der Waals surface area contributed by atoms with Crippen LogP contribution < -0.4 is 5.32 Å². The molecular weight excluding hydrogens is 170 g/mol. The van der Waals surface area contributed by atoms with Crippen LogP contribution in [0.4, 0.5) is 5.69 Å². The molecular formula is C13H21N. The maximum Gasteiger partial charge on any atom is 0.0343 e. The number of hydrogen-bond donors (Lipinski definition) is 1. The highest BCUT2D eigenvalue weighted by atomic mass is 14.9. The van der Waals surface area contributed by atoms with Crippen LogP contribution in [0.25, 0.3) is 0 Å². The summed E-state index contributed by atoms with van der Waals surface area (Å²) in [5, 5.41) is 3.46. The van der Waals surface area contributed by atoms with Crippen molar-refractivity contribution >= 4 is 5.69 Å². The van der Waals surface area contributed by atoms with Crippen LogP contribution in [0, 0.1) is 5.41 Å². The van der Waals surface area contributed by atoms with E-state index in [1.165, 1.54) is 11.3 Å². The molecule has 0 amide bonds. The third kappa shape index (κ3) is 3.82. The lowest BCUT2D eigenvalue weighted by molar-refractivity contribution is 0.443. The van der Waals surface area contributed by atoms with Gasteiger partial charge < -0.3 is 5.32 Å². The molecule has 0 aliphatic carbocycles. The Labute approximate surface area is 87.5 Å². The zero-order valence-electron chi connectivity index (χ0n) is 9.72. The highest BCUT2D eigenvalue weighted by molar-refractivity contribution is 5.45. The van der Waals surface area contributed by atoms with Gasteiger partial charge in [-0.05, 0) is 29.5 Å². The summed E-state index contributed by atoms with van der Waals surface area (Å²) in [6, 6.07) is 8.64. The average molecular weight is 191 g/mol. The molecule has 0 unspecified atom stereocenters. The smallest absolute Gasteiger partial charge is 0.0343 e. The van der Waals surface area contributed by atoms with Gasteiger partial charge in [0.05, 0.1) is 0 Å². The molecule has 1 aromatic rings. The van der Waals surface area contributed by atoms with E-state index in [1.54, 1.807) is 0 Å². The van der Waals surface area contributed by atoms with Crippen molar-refractivity contribution in [2.24, 2.45) is 5.41 Å². The van der Waals surface area contributed by atoms with Crippen molar-refractivity contribution in [3.63, 3.8) is 0 Å². The second-order valence-electron chi connectivity index (χ2n) is 4.97. The first-order chi connectivity index (χ1) is 6.51. The van der Waals surface area contributed by atoms with Crippen LogP contribution in [0.5, 0.6) is 0 Å². The Hall–Kier alpha value is -0.980. The molecule has 1 heteroatoms. The second-order valence-corrected chi connectivity index (χ2v) is 4.97. The fourth-order valence-electron chi connectivity index (χ4n) is 1.27. The van der Waals surface area contributed by atoms with E-state index in [0.29, 0.717) is 5.41 Å². The van der Waals surface area contributed by atoms with Gasteiger partial charge in [-0.1, -0.05) is 39.8 Å². The van der Waals surface area contributed by atoms with E-state index in [4.69, 9.17) is 0 Å². The van der Waals surface area contributed by atoms with Gasteiger partial charge in [-0.25, -0.2) is 0 Å². The molecule has 0 radical (unpaired) electrons. The summed E-state index contributed by atoms with van der Waals surface area (Å²) in [5.41, 5.74) is 2.96. The fourth-order valence-corrected chi connectivity index (χ4v) is 1.27. The zero-order chi connectivity index (χ0) is 10.6. The van der Waals surface area contributed by atoms with Crippen molar-refractivity contribution in [3.05, 3.63) is 29.8 Å². The van der Waals surface area contributed by atoms with E-state index in [1.807, 2.05) is 0 Å². The van der Waals surface area contributed by atoms with Crippen LogP contribution in [-0.4, -0.2) is 6.54 Å². The van der Waals surface area contributed by atoms with Crippen molar-refractivity contribution in [2.75, 3.05) is 11.9 Å². The second kappa shape index (κ2) is 4.50. The highest BCUT2D eigenvalue weighted by Gasteiger charge is 2.08. The monoisotopic (exact) mass is 191 g/mol. The van der Waals surface area contributed by atoms with Crippen molar-refractivity contribution in [1.29, 1.82) is 0 Å². The first-order valence-corrected chi connectivity index (χ1v) is 5.34. The lowest BCUT2D eigenvalue weighted by Crippen LogP contribution is -2.18. The van der Waals surface area contributed by atoms with E-state index >= 15 is 0 Å². The molecule has 0 atom stereocenters. The van der Waals surface area contributed by atoms with Crippen LogP contribution in [0.3, 0.4) is 0 Å². The number of aryl methyl sites for hydroxylation is 1. The molecule has 0 saturated heterocycles. The van der Waals surface area contributed by atoms with Gasteiger partial charge in [0.1, 0.15) is 0 Å². The van der Waals surface area contributed by atoms with E-state index in [2.05, 4.69) is 57.3 Å². The van der Waals surface area contributed by atoms with Crippen LogP contribution in [0.2, 0.25) is 0 Å². The van der Waals surface area contributed by atoms with Gasteiger partial charge in [-0.15, -0.1) is 0 Å². The van der Waals surface area contributed by atoms with Crippen LogP contribution in [-0.2, 0) is 6.42 Å². The number of anilines is 1. The van der Waals surface area contributed by atoms with Crippen LogP contribution in [0.15, 0.2) is 24.3 Å². The minimum atomic E-state index is 0.336. The number of nitrogens with one attached hydrogen (secondary N) is 1.